The molecule has 2 aromatic carbocycles. The number of hydrogen-bond acceptors (Lipinski definition) is 2. The largest absolute Gasteiger partial charge is 0.457 e. The summed E-state index contributed by atoms with van der Waals surface area (Å²) in [5, 5.41) is 0.710. The van der Waals surface area contributed by atoms with Gasteiger partial charge in [0.05, 0.1) is 0 Å². The fraction of sp³-hybridized carbons (Fsp3) is 0.150. The van der Waals surface area contributed by atoms with Gasteiger partial charge in [-0.25, -0.2) is 0 Å². The average Bonchev–Trinajstić information content (AvgIpc) is 2.59. The van der Waals surface area contributed by atoms with Crippen LogP contribution in [-0.2, 0) is 12.8 Å². The van der Waals surface area contributed by atoms with Gasteiger partial charge in [-0.15, -0.1) is 0 Å². The van der Waals surface area contributed by atoms with E-state index >= 15 is 0 Å². The van der Waals surface area contributed by atoms with Crippen molar-refractivity contribution in [2.24, 2.45) is 0 Å². The molecule has 0 aliphatic heterocycles. The third-order valence-electron chi connectivity index (χ3n) is 3.65. The second kappa shape index (κ2) is 7.80. The zero-order valence-corrected chi connectivity index (χ0v) is 13.5. The third kappa shape index (κ3) is 4.83. The summed E-state index contributed by atoms with van der Waals surface area (Å²) in [6.45, 7) is 0. The first-order valence-electron chi connectivity index (χ1n) is 7.71. The highest BCUT2D eigenvalue weighted by molar-refractivity contribution is 6.30. The van der Waals surface area contributed by atoms with Crippen molar-refractivity contribution in [1.82, 2.24) is 4.98 Å². The van der Waals surface area contributed by atoms with E-state index in [1.807, 2.05) is 48.8 Å². The summed E-state index contributed by atoms with van der Waals surface area (Å²) in [5.41, 5.74) is 2.66. The van der Waals surface area contributed by atoms with Crippen molar-refractivity contribution in [2.75, 3.05) is 0 Å². The fourth-order valence-electron chi connectivity index (χ4n) is 2.41. The van der Waals surface area contributed by atoms with Gasteiger partial charge in [0, 0.05) is 17.4 Å². The molecule has 0 aliphatic rings. The quantitative estimate of drug-likeness (QED) is 0.580. The summed E-state index contributed by atoms with van der Waals surface area (Å²) in [6.07, 6.45) is 6.95. The van der Waals surface area contributed by atoms with Crippen LogP contribution in [0, 0.1) is 0 Å². The summed E-state index contributed by atoms with van der Waals surface area (Å²) in [4.78, 5) is 4.04. The van der Waals surface area contributed by atoms with E-state index in [1.54, 1.807) is 0 Å². The second-order valence-electron chi connectivity index (χ2n) is 5.41. The van der Waals surface area contributed by atoms with Crippen LogP contribution in [0.1, 0.15) is 17.5 Å². The van der Waals surface area contributed by atoms with E-state index in [-0.39, 0.29) is 0 Å². The molecule has 0 spiro atoms. The number of rotatable bonds is 6. The maximum Gasteiger partial charge on any atom is 0.127 e. The summed E-state index contributed by atoms with van der Waals surface area (Å²) < 4.78 is 5.80. The standard InChI is InChI=1S/C20H18ClNO/c21-18-6-10-20(11-7-18)23-19-8-4-16(5-9-19)2-1-3-17-12-14-22-15-13-17/h4-15H,1-3H2. The molecule has 3 rings (SSSR count). The Morgan fingerprint density at radius 1 is 0.696 bits per heavy atom. The molecular formula is C20H18ClNO. The van der Waals surface area contributed by atoms with Gasteiger partial charge >= 0.3 is 0 Å². The Labute approximate surface area is 141 Å². The number of aromatic nitrogens is 1. The molecule has 0 radical (unpaired) electrons. The molecule has 0 aliphatic carbocycles. The number of pyridine rings is 1. The van der Waals surface area contributed by atoms with Gasteiger partial charge < -0.3 is 4.74 Å². The highest BCUT2D eigenvalue weighted by Crippen LogP contribution is 2.23. The van der Waals surface area contributed by atoms with Gasteiger partial charge in [0.2, 0.25) is 0 Å². The minimum Gasteiger partial charge on any atom is -0.457 e. The monoisotopic (exact) mass is 323 g/mol. The molecule has 0 amide bonds. The van der Waals surface area contributed by atoms with Gasteiger partial charge in [-0.05, 0) is 78.9 Å². The van der Waals surface area contributed by atoms with Crippen LogP contribution in [-0.4, -0.2) is 4.98 Å². The SMILES string of the molecule is Clc1ccc(Oc2ccc(CCCc3ccncc3)cc2)cc1. The van der Waals surface area contributed by atoms with Gasteiger partial charge in [0.15, 0.2) is 0 Å². The van der Waals surface area contributed by atoms with Crippen LogP contribution in [0.2, 0.25) is 5.02 Å². The Hall–Kier alpha value is -2.32. The minimum atomic E-state index is 0.710. The second-order valence-corrected chi connectivity index (χ2v) is 5.85. The Kier molecular flexibility index (Phi) is 5.28. The van der Waals surface area contributed by atoms with Crippen molar-refractivity contribution in [3.05, 3.63) is 89.2 Å². The van der Waals surface area contributed by atoms with E-state index in [0.29, 0.717) is 5.02 Å². The number of halogens is 1. The van der Waals surface area contributed by atoms with Crippen LogP contribution in [0.4, 0.5) is 0 Å². The summed E-state index contributed by atoms with van der Waals surface area (Å²) in [6, 6.07) is 19.8. The molecule has 1 heterocycles. The molecular weight excluding hydrogens is 306 g/mol. The molecule has 0 bridgehead atoms. The van der Waals surface area contributed by atoms with E-state index in [9.17, 15) is 0 Å². The zero-order valence-electron chi connectivity index (χ0n) is 12.8. The topological polar surface area (TPSA) is 22.1 Å². The van der Waals surface area contributed by atoms with E-state index in [1.165, 1.54) is 11.1 Å². The van der Waals surface area contributed by atoms with Crippen LogP contribution >= 0.6 is 11.6 Å². The highest BCUT2D eigenvalue weighted by atomic mass is 35.5. The normalized spacial score (nSPS) is 10.5. The van der Waals surface area contributed by atoms with Crippen molar-refractivity contribution in [3.8, 4) is 11.5 Å². The summed E-state index contributed by atoms with van der Waals surface area (Å²) >= 11 is 5.87. The molecule has 0 unspecified atom stereocenters. The van der Waals surface area contributed by atoms with Crippen molar-refractivity contribution in [1.29, 1.82) is 0 Å². The van der Waals surface area contributed by atoms with Gasteiger partial charge in [0.25, 0.3) is 0 Å². The van der Waals surface area contributed by atoms with Crippen molar-refractivity contribution in [2.45, 2.75) is 19.3 Å². The fourth-order valence-corrected chi connectivity index (χ4v) is 2.53. The van der Waals surface area contributed by atoms with Crippen molar-refractivity contribution >= 4 is 11.6 Å². The lowest BCUT2D eigenvalue weighted by Crippen LogP contribution is -1.91. The Morgan fingerprint density at radius 3 is 1.83 bits per heavy atom. The number of hydrogen-bond donors (Lipinski definition) is 0. The maximum absolute atomic E-state index is 5.87. The molecule has 3 heteroatoms. The van der Waals surface area contributed by atoms with Crippen molar-refractivity contribution in [3.63, 3.8) is 0 Å². The van der Waals surface area contributed by atoms with Gasteiger partial charge in [-0.2, -0.15) is 0 Å². The summed E-state index contributed by atoms with van der Waals surface area (Å²) in [5.74, 6) is 1.63. The van der Waals surface area contributed by atoms with Crippen LogP contribution in [0.3, 0.4) is 0 Å². The van der Waals surface area contributed by atoms with Crippen molar-refractivity contribution < 1.29 is 4.74 Å². The molecule has 0 saturated carbocycles. The van der Waals surface area contributed by atoms with Crippen LogP contribution in [0.5, 0.6) is 11.5 Å². The molecule has 0 atom stereocenters. The lowest BCUT2D eigenvalue weighted by Gasteiger charge is -2.07. The zero-order chi connectivity index (χ0) is 15.9. The molecule has 1 aromatic heterocycles. The molecule has 116 valence electrons. The molecule has 0 saturated heterocycles. The Bertz CT molecular complexity index is 724. The third-order valence-corrected chi connectivity index (χ3v) is 3.90. The van der Waals surface area contributed by atoms with Gasteiger partial charge in [-0.1, -0.05) is 23.7 Å². The van der Waals surface area contributed by atoms with E-state index in [4.69, 9.17) is 16.3 Å². The van der Waals surface area contributed by atoms with E-state index in [2.05, 4.69) is 29.2 Å². The number of benzene rings is 2. The smallest absolute Gasteiger partial charge is 0.127 e. The van der Waals surface area contributed by atoms with Crippen LogP contribution in [0.25, 0.3) is 0 Å². The lowest BCUT2D eigenvalue weighted by molar-refractivity contribution is 0.482. The Morgan fingerprint density at radius 2 is 1.22 bits per heavy atom. The van der Waals surface area contributed by atoms with E-state index < -0.39 is 0 Å². The molecule has 23 heavy (non-hydrogen) atoms. The van der Waals surface area contributed by atoms with E-state index in [0.717, 1.165) is 30.8 Å². The lowest BCUT2D eigenvalue weighted by atomic mass is 10.0. The number of aryl methyl sites for hydroxylation is 2. The molecule has 3 aromatic rings. The number of ether oxygens (including phenoxy) is 1. The predicted octanol–water partition coefficient (Wildman–Crippen LogP) is 5.70. The minimum absolute atomic E-state index is 0.710. The first kappa shape index (κ1) is 15.6. The van der Waals surface area contributed by atoms with Crippen LogP contribution in [0.15, 0.2) is 73.1 Å². The molecule has 0 N–H and O–H groups in total. The highest BCUT2D eigenvalue weighted by Gasteiger charge is 1.99. The van der Waals surface area contributed by atoms with Crippen LogP contribution < -0.4 is 4.74 Å². The first-order chi connectivity index (χ1) is 11.3. The summed E-state index contributed by atoms with van der Waals surface area (Å²) in [7, 11) is 0. The Balaban J connectivity index is 1.51. The average molecular weight is 324 g/mol. The number of nitrogens with zero attached hydrogens (tertiary/aromatic N) is 1. The maximum atomic E-state index is 5.87. The molecule has 2 nitrogen and oxygen atoms in total. The van der Waals surface area contributed by atoms with Gasteiger partial charge in [-0.3, -0.25) is 4.98 Å². The first-order valence-corrected chi connectivity index (χ1v) is 8.09. The molecule has 0 fully saturated rings. The van der Waals surface area contributed by atoms with Gasteiger partial charge in [0.1, 0.15) is 11.5 Å². The predicted molar refractivity (Wildman–Crippen MR) is 94.2 cm³/mol.